The average Bonchev–Trinajstić information content (AvgIpc) is 3.19. The van der Waals surface area contributed by atoms with Crippen LogP contribution in [0, 0.1) is 11.8 Å². The molecule has 0 amide bonds. The predicted molar refractivity (Wildman–Crippen MR) is 88.1 cm³/mol. The Hall–Kier alpha value is -0.470. The van der Waals surface area contributed by atoms with Crippen molar-refractivity contribution in [3.8, 4) is 0 Å². The first-order valence-electron chi connectivity index (χ1n) is 8.18. The number of thioether (sulfide) groups is 1. The van der Waals surface area contributed by atoms with E-state index in [1.165, 1.54) is 42.6 Å². The summed E-state index contributed by atoms with van der Waals surface area (Å²) in [5.74, 6) is 1.80. The molecule has 2 aliphatic rings. The molecule has 2 unspecified atom stereocenters. The van der Waals surface area contributed by atoms with Crippen LogP contribution in [0.15, 0.2) is 29.2 Å². The van der Waals surface area contributed by atoms with Gasteiger partial charge in [-0.3, -0.25) is 0 Å². The summed E-state index contributed by atoms with van der Waals surface area (Å²) in [6.07, 6.45) is 6.93. The lowest BCUT2D eigenvalue weighted by Crippen LogP contribution is -2.21. The third kappa shape index (κ3) is 4.26. The van der Waals surface area contributed by atoms with E-state index in [1.54, 1.807) is 0 Å². The molecule has 0 aromatic heterocycles. The van der Waals surface area contributed by atoms with Crippen LogP contribution in [0.4, 0.5) is 0 Å². The van der Waals surface area contributed by atoms with Gasteiger partial charge in [0.25, 0.3) is 0 Å². The summed E-state index contributed by atoms with van der Waals surface area (Å²) in [5.41, 5.74) is 1.44. The molecule has 2 atom stereocenters. The lowest BCUT2D eigenvalue weighted by molar-refractivity contribution is 0.309. The molecule has 20 heavy (non-hydrogen) atoms. The second kappa shape index (κ2) is 6.53. The maximum Gasteiger partial charge on any atom is 0.0208 e. The van der Waals surface area contributed by atoms with Crippen molar-refractivity contribution in [2.24, 2.45) is 11.8 Å². The Kier molecular flexibility index (Phi) is 4.72. The third-order valence-corrected chi connectivity index (χ3v) is 5.75. The summed E-state index contributed by atoms with van der Waals surface area (Å²) in [6.45, 7) is 5.87. The molecule has 2 heteroatoms. The number of nitrogens with one attached hydrogen (secondary N) is 1. The van der Waals surface area contributed by atoms with Crippen molar-refractivity contribution in [1.29, 1.82) is 0 Å². The minimum Gasteiger partial charge on any atom is -0.310 e. The molecule has 0 heterocycles. The first-order valence-corrected chi connectivity index (χ1v) is 9.06. The Morgan fingerprint density at radius 2 is 1.85 bits per heavy atom. The van der Waals surface area contributed by atoms with Crippen LogP contribution >= 0.6 is 11.8 Å². The maximum absolute atomic E-state index is 3.61. The molecule has 1 N–H and O–H groups in total. The summed E-state index contributed by atoms with van der Waals surface area (Å²) in [7, 11) is 0. The summed E-state index contributed by atoms with van der Waals surface area (Å²) in [5, 5.41) is 4.43. The van der Waals surface area contributed by atoms with Crippen molar-refractivity contribution >= 4 is 11.8 Å². The summed E-state index contributed by atoms with van der Waals surface area (Å²) < 4.78 is 0. The first kappa shape index (κ1) is 14.5. The Balaban J connectivity index is 1.57. The number of hydrogen-bond donors (Lipinski definition) is 1. The van der Waals surface area contributed by atoms with Gasteiger partial charge in [0.05, 0.1) is 0 Å². The molecule has 0 saturated heterocycles. The van der Waals surface area contributed by atoms with Crippen LogP contribution in [0.25, 0.3) is 0 Å². The van der Waals surface area contributed by atoms with Crippen molar-refractivity contribution in [2.75, 3.05) is 0 Å². The fourth-order valence-electron chi connectivity index (χ4n) is 3.44. The molecule has 2 saturated carbocycles. The maximum atomic E-state index is 3.61. The van der Waals surface area contributed by atoms with Crippen molar-refractivity contribution < 1.29 is 0 Å². The zero-order valence-corrected chi connectivity index (χ0v) is 13.6. The summed E-state index contributed by atoms with van der Waals surface area (Å²) in [6, 6.07) is 9.96. The van der Waals surface area contributed by atoms with Gasteiger partial charge in [-0.1, -0.05) is 26.0 Å². The highest BCUT2D eigenvalue weighted by Crippen LogP contribution is 2.38. The van der Waals surface area contributed by atoms with E-state index in [2.05, 4.69) is 55.2 Å². The van der Waals surface area contributed by atoms with E-state index in [0.29, 0.717) is 0 Å². The van der Waals surface area contributed by atoms with Gasteiger partial charge < -0.3 is 5.32 Å². The Morgan fingerprint density at radius 1 is 1.10 bits per heavy atom. The molecule has 110 valence electrons. The van der Waals surface area contributed by atoms with E-state index in [9.17, 15) is 0 Å². The number of hydrogen-bond acceptors (Lipinski definition) is 2. The van der Waals surface area contributed by atoms with Crippen LogP contribution in [-0.4, -0.2) is 11.3 Å². The van der Waals surface area contributed by atoms with Gasteiger partial charge in [-0.15, -0.1) is 11.8 Å². The van der Waals surface area contributed by atoms with Crippen molar-refractivity contribution in [1.82, 2.24) is 5.32 Å². The van der Waals surface area contributed by atoms with Crippen LogP contribution in [0.1, 0.15) is 51.5 Å². The predicted octanol–water partition coefficient (Wildman–Crippen LogP) is 4.86. The highest BCUT2D eigenvalue weighted by molar-refractivity contribution is 8.00. The average molecular weight is 289 g/mol. The lowest BCUT2D eigenvalue weighted by atomic mass is 9.83. The molecule has 1 aromatic carbocycles. The second-order valence-electron chi connectivity index (χ2n) is 6.96. The zero-order valence-electron chi connectivity index (χ0n) is 12.8. The molecule has 0 aliphatic heterocycles. The highest BCUT2D eigenvalue weighted by atomic mass is 32.2. The van der Waals surface area contributed by atoms with Gasteiger partial charge in [0.15, 0.2) is 0 Å². The van der Waals surface area contributed by atoms with Crippen LogP contribution in [0.3, 0.4) is 0 Å². The minimum atomic E-state index is 0.798. The minimum absolute atomic E-state index is 0.798. The normalized spacial score (nSPS) is 30.4. The fraction of sp³-hybridized carbons (Fsp3) is 0.667. The lowest BCUT2D eigenvalue weighted by Gasteiger charge is -2.31. The van der Waals surface area contributed by atoms with E-state index in [-0.39, 0.29) is 0 Å². The summed E-state index contributed by atoms with van der Waals surface area (Å²) in [4.78, 5) is 1.46. The monoisotopic (exact) mass is 289 g/mol. The van der Waals surface area contributed by atoms with Gasteiger partial charge in [0.1, 0.15) is 0 Å². The van der Waals surface area contributed by atoms with Crippen LogP contribution in [0.2, 0.25) is 0 Å². The molecule has 1 nitrogen and oxygen atoms in total. The largest absolute Gasteiger partial charge is 0.310 e. The van der Waals surface area contributed by atoms with Crippen LogP contribution in [0.5, 0.6) is 0 Å². The topological polar surface area (TPSA) is 12.0 Å². The van der Waals surface area contributed by atoms with Gasteiger partial charge >= 0.3 is 0 Å². The fourth-order valence-corrected chi connectivity index (χ4v) is 5.05. The molecule has 2 aliphatic carbocycles. The molecule has 0 radical (unpaired) electrons. The Labute approximate surface area is 127 Å². The van der Waals surface area contributed by atoms with Gasteiger partial charge in [-0.05, 0) is 61.6 Å². The van der Waals surface area contributed by atoms with Gasteiger partial charge in [0, 0.05) is 22.7 Å². The molecular formula is C18H27NS. The Bertz CT molecular complexity index is 431. The van der Waals surface area contributed by atoms with Crippen LogP contribution < -0.4 is 5.32 Å². The molecule has 3 rings (SSSR count). The zero-order chi connectivity index (χ0) is 13.9. The molecule has 2 fully saturated rings. The molecule has 0 bridgehead atoms. The van der Waals surface area contributed by atoms with E-state index < -0.39 is 0 Å². The molecular weight excluding hydrogens is 262 g/mol. The highest BCUT2D eigenvalue weighted by Gasteiger charge is 2.24. The van der Waals surface area contributed by atoms with Crippen molar-refractivity contribution in [2.45, 2.75) is 68.7 Å². The van der Waals surface area contributed by atoms with E-state index >= 15 is 0 Å². The van der Waals surface area contributed by atoms with Crippen molar-refractivity contribution in [3.63, 3.8) is 0 Å². The molecule has 0 spiro atoms. The first-order chi connectivity index (χ1) is 9.69. The number of benzene rings is 1. The molecule has 1 aromatic rings. The van der Waals surface area contributed by atoms with Gasteiger partial charge in [-0.2, -0.15) is 0 Å². The van der Waals surface area contributed by atoms with Gasteiger partial charge in [-0.25, -0.2) is 0 Å². The van der Waals surface area contributed by atoms with Crippen molar-refractivity contribution in [3.05, 3.63) is 29.8 Å². The SMILES string of the molecule is CC1CC(C)CC(Sc2cccc(CNC3CC3)c2)C1. The van der Waals surface area contributed by atoms with E-state index in [0.717, 1.165) is 29.7 Å². The van der Waals surface area contributed by atoms with E-state index in [1.807, 2.05) is 0 Å². The quantitative estimate of drug-likeness (QED) is 0.831. The Morgan fingerprint density at radius 3 is 2.55 bits per heavy atom. The van der Waals surface area contributed by atoms with E-state index in [4.69, 9.17) is 0 Å². The third-order valence-electron chi connectivity index (χ3n) is 4.51. The standard InChI is InChI=1S/C18H27NS/c1-13-8-14(2)10-18(9-13)20-17-5-3-4-15(11-17)12-19-16-6-7-16/h3-5,11,13-14,16,18-19H,6-10,12H2,1-2H3. The number of rotatable bonds is 5. The van der Waals surface area contributed by atoms with Gasteiger partial charge in [0.2, 0.25) is 0 Å². The van der Waals surface area contributed by atoms with Crippen LogP contribution in [-0.2, 0) is 6.54 Å². The smallest absolute Gasteiger partial charge is 0.0208 e. The summed E-state index contributed by atoms with van der Waals surface area (Å²) >= 11 is 2.11. The second-order valence-corrected chi connectivity index (χ2v) is 8.33.